The van der Waals surface area contributed by atoms with Crippen LogP contribution in [0.15, 0.2) is 121 Å². The summed E-state index contributed by atoms with van der Waals surface area (Å²) < 4.78 is 158. The van der Waals surface area contributed by atoms with Gasteiger partial charge in [0.15, 0.2) is 75.3 Å². The molecule has 0 heterocycles. The molecule has 0 bridgehead atoms. The molecule has 0 aliphatic rings. The van der Waals surface area contributed by atoms with Gasteiger partial charge in [-0.05, 0) is 137 Å². The summed E-state index contributed by atoms with van der Waals surface area (Å²) in [6.45, 7) is 1.39. The molecule has 0 atom stereocenters. The third-order valence-electron chi connectivity index (χ3n) is 9.45. The van der Waals surface area contributed by atoms with Crippen molar-refractivity contribution in [3.05, 3.63) is 197 Å². The second kappa shape index (κ2) is 21.2. The smallest absolute Gasteiger partial charge is 0.200 e. The Morgan fingerprint density at radius 1 is 0.265 bits per heavy atom. The fourth-order valence-electron chi connectivity index (χ4n) is 5.83. The largest absolute Gasteiger partial charge is 0.508 e. The van der Waals surface area contributed by atoms with Crippen molar-refractivity contribution >= 4 is 0 Å². The molecule has 19 heteroatoms. The zero-order valence-corrected chi connectivity index (χ0v) is 34.2. The quantitative estimate of drug-likeness (QED) is 0.0871. The zero-order chi connectivity index (χ0) is 50.3. The van der Waals surface area contributed by atoms with Crippen LogP contribution in [0, 0.1) is 76.7 Å². The lowest BCUT2D eigenvalue weighted by Gasteiger charge is -2.07. The summed E-state index contributed by atoms with van der Waals surface area (Å²) in [5.41, 5.74) is 0.548. The molecule has 8 aromatic carbocycles. The van der Waals surface area contributed by atoms with E-state index in [4.69, 9.17) is 35.7 Å². The van der Waals surface area contributed by atoms with E-state index in [1.165, 1.54) is 49.4 Å². The van der Waals surface area contributed by atoms with Gasteiger partial charge in [-0.1, -0.05) is 18.2 Å². The molecule has 0 radical (unpaired) electrons. The van der Waals surface area contributed by atoms with E-state index in [2.05, 4.69) is 0 Å². The van der Waals surface area contributed by atoms with Crippen molar-refractivity contribution in [1.82, 2.24) is 0 Å². The molecule has 7 nitrogen and oxygen atoms in total. The maximum Gasteiger partial charge on any atom is 0.200 e. The molecule has 8 aromatic rings. The van der Waals surface area contributed by atoms with Crippen LogP contribution in [-0.2, 0) is 0 Å². The Morgan fingerprint density at radius 3 is 1.07 bits per heavy atom. The van der Waals surface area contributed by atoms with Crippen molar-refractivity contribution in [3.8, 4) is 84.8 Å². The third kappa shape index (κ3) is 11.9. The number of hydrogen-bond acceptors (Lipinski definition) is 7. The number of hydrogen-bond donors (Lipinski definition) is 7. The zero-order valence-electron chi connectivity index (χ0n) is 34.2. The molecule has 8 rings (SSSR count). The summed E-state index contributed by atoms with van der Waals surface area (Å²) in [5.74, 6) is -18.0. The van der Waals surface area contributed by atoms with Gasteiger partial charge in [-0.15, -0.1) is 0 Å². The predicted molar refractivity (Wildman–Crippen MR) is 223 cm³/mol. The molecule has 0 amide bonds. The minimum absolute atomic E-state index is 0.0162. The topological polar surface area (TPSA) is 142 Å². The number of phenolic OH excluding ortho intramolecular Hbond substituents is 7. The Balaban J connectivity index is 0.000000170. The van der Waals surface area contributed by atoms with E-state index >= 15 is 0 Å². The van der Waals surface area contributed by atoms with Gasteiger partial charge >= 0.3 is 0 Å². The van der Waals surface area contributed by atoms with E-state index in [0.29, 0.717) is 23.3 Å². The SMILES string of the molecule is Cc1c(F)cc(-c2ccc(O)cc2)cc1F.Oc1ccc(-c2cc(F)c(O)c(F)c2)c(F)c1.Oc1ccc(-c2cc(F)c(O)c(F)c2)c(F)c1F.Oc1ccc(-c2cc(F)c(O)c(F)c2)cc1F. The Hall–Kier alpha value is -8.48. The van der Waals surface area contributed by atoms with E-state index in [9.17, 15) is 52.7 Å². The molecule has 352 valence electrons. The van der Waals surface area contributed by atoms with Crippen LogP contribution in [0.3, 0.4) is 0 Å². The fraction of sp³-hybridized carbons (Fsp3) is 0.0204. The van der Waals surface area contributed by atoms with Gasteiger partial charge in [0.25, 0.3) is 0 Å². The molecule has 7 N–H and O–H groups in total. The van der Waals surface area contributed by atoms with Crippen LogP contribution in [0.4, 0.5) is 52.7 Å². The Kier molecular flexibility index (Phi) is 15.8. The molecule has 0 unspecified atom stereocenters. The van der Waals surface area contributed by atoms with E-state index < -0.39 is 104 Å². The Bertz CT molecular complexity index is 3060. The highest BCUT2D eigenvalue weighted by atomic mass is 19.2. The summed E-state index contributed by atoms with van der Waals surface area (Å²) >= 11 is 0. The first-order chi connectivity index (χ1) is 32.0. The summed E-state index contributed by atoms with van der Waals surface area (Å²) in [4.78, 5) is 0. The second-order valence-corrected chi connectivity index (χ2v) is 14.1. The summed E-state index contributed by atoms with van der Waals surface area (Å²) in [7, 11) is 0. The van der Waals surface area contributed by atoms with Crippen LogP contribution in [0.2, 0.25) is 0 Å². The molecule has 0 saturated carbocycles. The van der Waals surface area contributed by atoms with Gasteiger partial charge < -0.3 is 35.7 Å². The highest BCUT2D eigenvalue weighted by molar-refractivity contribution is 5.68. The molecular formula is C49H30F12O7. The lowest BCUT2D eigenvalue weighted by molar-refractivity contribution is 0.396. The van der Waals surface area contributed by atoms with E-state index in [0.717, 1.165) is 54.6 Å². The van der Waals surface area contributed by atoms with Gasteiger partial charge in [-0.3, -0.25) is 0 Å². The average molecular weight is 959 g/mol. The predicted octanol–water partition coefficient (Wildman–Crippen LogP) is 13.3. The molecule has 0 fully saturated rings. The second-order valence-electron chi connectivity index (χ2n) is 14.1. The van der Waals surface area contributed by atoms with Crippen LogP contribution < -0.4 is 0 Å². The minimum Gasteiger partial charge on any atom is -0.508 e. The number of halogens is 12. The van der Waals surface area contributed by atoms with Gasteiger partial charge in [-0.25, -0.2) is 48.3 Å². The van der Waals surface area contributed by atoms with Crippen molar-refractivity contribution in [2.75, 3.05) is 0 Å². The van der Waals surface area contributed by atoms with Crippen LogP contribution >= 0.6 is 0 Å². The van der Waals surface area contributed by atoms with Crippen LogP contribution in [0.5, 0.6) is 40.2 Å². The molecule has 0 aliphatic carbocycles. The maximum atomic E-state index is 13.5. The van der Waals surface area contributed by atoms with Crippen LogP contribution in [0.1, 0.15) is 5.56 Å². The van der Waals surface area contributed by atoms with Crippen molar-refractivity contribution in [1.29, 1.82) is 0 Å². The normalized spacial score (nSPS) is 10.5. The van der Waals surface area contributed by atoms with Crippen molar-refractivity contribution in [3.63, 3.8) is 0 Å². The molecule has 0 saturated heterocycles. The van der Waals surface area contributed by atoms with E-state index in [1.807, 2.05) is 0 Å². The van der Waals surface area contributed by atoms with Crippen LogP contribution in [0.25, 0.3) is 44.5 Å². The third-order valence-corrected chi connectivity index (χ3v) is 9.45. The lowest BCUT2D eigenvalue weighted by atomic mass is 10.0. The van der Waals surface area contributed by atoms with Gasteiger partial charge in [0.2, 0.25) is 5.82 Å². The number of phenols is 7. The number of rotatable bonds is 4. The summed E-state index contributed by atoms with van der Waals surface area (Å²) in [6, 6.07) is 21.8. The Morgan fingerprint density at radius 2 is 0.618 bits per heavy atom. The van der Waals surface area contributed by atoms with Crippen molar-refractivity contribution in [2.24, 2.45) is 0 Å². The van der Waals surface area contributed by atoms with E-state index in [-0.39, 0.29) is 44.9 Å². The summed E-state index contributed by atoms with van der Waals surface area (Å²) in [5, 5.41) is 62.7. The standard InChI is InChI=1S/C13H10F2O.C12H6F4O2.2C12H7F3O2/c1-8-12(14)6-10(7-13(8)15)9-2-4-11(16)5-3-9;13-7-3-5(4-8(14)12(7)18)6-1-2-9(17)11(16)10(6)15;13-9-5-7(16)1-2-8(9)6-3-10(14)12(17)11(15)4-6;13-8-3-6(1-2-11(8)16)7-4-9(14)12(17)10(15)5-7/h2-7,16H,1H3;1-4,17-18H;2*1-5,16-17H. The molecular weight excluding hydrogens is 929 g/mol. The first-order valence-electron chi connectivity index (χ1n) is 18.9. The highest BCUT2D eigenvalue weighted by Gasteiger charge is 2.18. The van der Waals surface area contributed by atoms with Gasteiger partial charge in [0.1, 0.15) is 29.0 Å². The maximum absolute atomic E-state index is 13.5. The first kappa shape index (κ1) is 50.5. The fourth-order valence-corrected chi connectivity index (χ4v) is 5.83. The molecule has 0 aliphatic heterocycles. The lowest BCUT2D eigenvalue weighted by Crippen LogP contribution is -1.92. The number of benzene rings is 8. The van der Waals surface area contributed by atoms with Crippen molar-refractivity contribution in [2.45, 2.75) is 6.92 Å². The Labute approximate surface area is 376 Å². The number of aromatic hydroxyl groups is 7. The van der Waals surface area contributed by atoms with Gasteiger partial charge in [0.05, 0.1) is 0 Å². The van der Waals surface area contributed by atoms with Crippen LogP contribution in [-0.4, -0.2) is 35.7 Å². The molecule has 68 heavy (non-hydrogen) atoms. The molecule has 0 spiro atoms. The first-order valence-corrected chi connectivity index (χ1v) is 18.9. The van der Waals surface area contributed by atoms with Crippen molar-refractivity contribution < 1.29 is 88.4 Å². The highest BCUT2D eigenvalue weighted by Crippen LogP contribution is 2.35. The summed E-state index contributed by atoms with van der Waals surface area (Å²) in [6.07, 6.45) is 0. The molecule has 0 aromatic heterocycles. The van der Waals surface area contributed by atoms with Gasteiger partial charge in [0, 0.05) is 22.8 Å². The van der Waals surface area contributed by atoms with E-state index in [1.54, 1.807) is 12.1 Å². The monoisotopic (exact) mass is 958 g/mol. The minimum atomic E-state index is -1.51. The van der Waals surface area contributed by atoms with Gasteiger partial charge in [-0.2, -0.15) is 4.39 Å². The average Bonchev–Trinajstić information content (AvgIpc) is 3.29.